The van der Waals surface area contributed by atoms with Crippen LogP contribution in [0, 0.1) is 6.92 Å². The zero-order chi connectivity index (χ0) is 26.6. The third-order valence-electron chi connectivity index (χ3n) is 5.64. The van der Waals surface area contributed by atoms with Gasteiger partial charge in [-0.25, -0.2) is 0 Å². The highest BCUT2D eigenvalue weighted by Gasteiger charge is 2.18. The topological polar surface area (TPSA) is 69.0 Å². The number of nitrogens with zero attached hydrogens (tertiary/aromatic N) is 3. The van der Waals surface area contributed by atoms with E-state index in [1.807, 2.05) is 47.9 Å². The number of hydrogen-bond donors (Lipinski definition) is 1. The van der Waals surface area contributed by atoms with Gasteiger partial charge in [-0.1, -0.05) is 91.6 Å². The van der Waals surface area contributed by atoms with Gasteiger partial charge in [0, 0.05) is 5.69 Å². The molecule has 0 spiro atoms. The molecule has 0 fully saturated rings. The van der Waals surface area contributed by atoms with Gasteiger partial charge in [0.25, 0.3) is 0 Å². The molecule has 0 radical (unpaired) electrons. The number of benzene rings is 3. The number of aryl methyl sites for hydroxylation is 1. The molecule has 0 atom stereocenters. The summed E-state index contributed by atoms with van der Waals surface area (Å²) >= 11 is 13.6. The lowest BCUT2D eigenvalue weighted by Crippen LogP contribution is -2.15. The van der Waals surface area contributed by atoms with Gasteiger partial charge in [0.05, 0.1) is 21.5 Å². The zero-order valence-corrected chi connectivity index (χ0v) is 23.4. The van der Waals surface area contributed by atoms with Crippen molar-refractivity contribution in [1.29, 1.82) is 0 Å². The van der Waals surface area contributed by atoms with Gasteiger partial charge in [-0.15, -0.1) is 10.2 Å². The molecule has 1 aromatic heterocycles. The molecule has 1 N–H and O–H groups in total. The third kappa shape index (κ3) is 6.86. The molecular weight excluding hydrogens is 527 g/mol. The molecule has 0 aliphatic heterocycles. The number of amides is 1. The molecule has 0 aliphatic carbocycles. The summed E-state index contributed by atoms with van der Waals surface area (Å²) in [4.78, 5) is 12.7. The number of nitrogens with one attached hydrogen (secondary N) is 1. The normalized spacial score (nSPS) is 11.4. The van der Waals surface area contributed by atoms with E-state index in [0.717, 1.165) is 17.0 Å². The Labute approximate surface area is 231 Å². The minimum absolute atomic E-state index is 0.0692. The first-order chi connectivity index (χ1) is 17.6. The Hall–Kier alpha value is -3.00. The van der Waals surface area contributed by atoms with Gasteiger partial charge in [-0.3, -0.25) is 9.36 Å². The minimum atomic E-state index is -0.254. The first-order valence-electron chi connectivity index (χ1n) is 11.7. The summed E-state index contributed by atoms with van der Waals surface area (Å²) in [6, 6.07) is 21.2. The van der Waals surface area contributed by atoms with Crippen molar-refractivity contribution in [2.75, 3.05) is 11.1 Å². The summed E-state index contributed by atoms with van der Waals surface area (Å²) in [6.45, 7) is 8.78. The van der Waals surface area contributed by atoms with E-state index in [1.54, 1.807) is 18.2 Å². The Morgan fingerprint density at radius 2 is 1.62 bits per heavy atom. The first kappa shape index (κ1) is 27.0. The van der Waals surface area contributed by atoms with E-state index < -0.39 is 0 Å². The second kappa shape index (κ2) is 11.6. The van der Waals surface area contributed by atoms with Crippen molar-refractivity contribution in [3.8, 4) is 11.4 Å². The highest BCUT2D eigenvalue weighted by molar-refractivity contribution is 7.99. The molecule has 3 aromatic carbocycles. The zero-order valence-electron chi connectivity index (χ0n) is 21.1. The van der Waals surface area contributed by atoms with E-state index in [0.29, 0.717) is 26.7 Å². The Bertz CT molecular complexity index is 1360. The first-order valence-corrected chi connectivity index (χ1v) is 13.5. The van der Waals surface area contributed by atoms with Gasteiger partial charge in [0.15, 0.2) is 11.0 Å². The van der Waals surface area contributed by atoms with Crippen LogP contribution in [0.5, 0.6) is 5.75 Å². The molecule has 1 heterocycles. The SMILES string of the molecule is Cc1ccc(-n2c(COc3ccc(C(C)(C)C)cc3)nnc2SCC(=O)Nc2c(Cl)cccc2Cl)cc1. The quantitative estimate of drug-likeness (QED) is 0.228. The number of carbonyl (C=O) groups is 1. The lowest BCUT2D eigenvalue weighted by Gasteiger charge is -2.19. The molecule has 6 nitrogen and oxygen atoms in total. The highest BCUT2D eigenvalue weighted by atomic mass is 35.5. The van der Waals surface area contributed by atoms with Gasteiger partial charge in [0.1, 0.15) is 12.4 Å². The van der Waals surface area contributed by atoms with Crippen molar-refractivity contribution in [1.82, 2.24) is 14.8 Å². The number of rotatable bonds is 8. The molecule has 0 bridgehead atoms. The predicted octanol–water partition coefficient (Wildman–Crippen LogP) is 7.49. The van der Waals surface area contributed by atoms with Crippen molar-refractivity contribution in [2.45, 2.75) is 44.9 Å². The Kier molecular flexibility index (Phi) is 8.47. The summed E-state index contributed by atoms with van der Waals surface area (Å²) < 4.78 is 7.95. The van der Waals surface area contributed by atoms with Gasteiger partial charge >= 0.3 is 0 Å². The van der Waals surface area contributed by atoms with Crippen LogP contribution in [0.15, 0.2) is 71.9 Å². The molecule has 9 heteroatoms. The second-order valence-electron chi connectivity index (χ2n) is 9.57. The molecule has 0 aliphatic rings. The van der Waals surface area contributed by atoms with E-state index in [-0.39, 0.29) is 23.7 Å². The lowest BCUT2D eigenvalue weighted by atomic mass is 9.87. The van der Waals surface area contributed by atoms with Crippen molar-refractivity contribution < 1.29 is 9.53 Å². The summed E-state index contributed by atoms with van der Waals surface area (Å²) in [5, 5.41) is 12.8. The molecule has 192 valence electrons. The van der Waals surface area contributed by atoms with Crippen LogP contribution in [0.3, 0.4) is 0 Å². The van der Waals surface area contributed by atoms with Crippen molar-refractivity contribution in [2.24, 2.45) is 0 Å². The average Bonchev–Trinajstić information content (AvgIpc) is 3.27. The predicted molar refractivity (Wildman–Crippen MR) is 151 cm³/mol. The molecule has 4 aromatic rings. The Morgan fingerprint density at radius 1 is 0.973 bits per heavy atom. The summed E-state index contributed by atoms with van der Waals surface area (Å²) in [5.74, 6) is 1.22. The maximum absolute atomic E-state index is 12.7. The van der Waals surface area contributed by atoms with Crippen molar-refractivity contribution in [3.05, 3.63) is 93.7 Å². The molecular formula is C28H28Cl2N4O2S. The minimum Gasteiger partial charge on any atom is -0.486 e. The molecule has 0 saturated heterocycles. The standard InChI is InChI=1S/C28H28Cl2N4O2S/c1-18-8-12-20(13-9-18)34-24(16-36-21-14-10-19(11-15-21)28(2,3)4)32-33-27(34)37-17-25(35)31-26-22(29)6-5-7-23(26)30/h5-15H,16-17H2,1-4H3,(H,31,35). The number of thioether (sulfide) groups is 1. The van der Waals surface area contributed by atoms with E-state index in [1.165, 1.54) is 17.3 Å². The fraction of sp³-hybridized carbons (Fsp3) is 0.250. The van der Waals surface area contributed by atoms with Gasteiger partial charge in [0.2, 0.25) is 5.91 Å². The fourth-order valence-corrected chi connectivity index (χ4v) is 4.83. The number of anilines is 1. The monoisotopic (exact) mass is 554 g/mol. The van der Waals surface area contributed by atoms with Crippen LogP contribution in [-0.4, -0.2) is 26.4 Å². The van der Waals surface area contributed by atoms with Gasteiger partial charge in [-0.2, -0.15) is 0 Å². The van der Waals surface area contributed by atoms with Crippen molar-refractivity contribution in [3.63, 3.8) is 0 Å². The van der Waals surface area contributed by atoms with Crippen LogP contribution in [0.2, 0.25) is 10.0 Å². The highest BCUT2D eigenvalue weighted by Crippen LogP contribution is 2.31. The van der Waals surface area contributed by atoms with E-state index in [4.69, 9.17) is 27.9 Å². The van der Waals surface area contributed by atoms with Crippen LogP contribution in [0.25, 0.3) is 5.69 Å². The van der Waals surface area contributed by atoms with Gasteiger partial charge in [-0.05, 0) is 54.3 Å². The number of hydrogen-bond acceptors (Lipinski definition) is 5. The number of halogens is 2. The molecule has 0 saturated carbocycles. The van der Waals surface area contributed by atoms with E-state index >= 15 is 0 Å². The molecule has 4 rings (SSSR count). The van der Waals surface area contributed by atoms with Crippen LogP contribution in [0.1, 0.15) is 37.7 Å². The fourth-order valence-electron chi connectivity index (χ4n) is 3.56. The molecule has 37 heavy (non-hydrogen) atoms. The number of aromatic nitrogens is 3. The Morgan fingerprint density at radius 3 is 2.24 bits per heavy atom. The number of carbonyl (C=O) groups excluding carboxylic acids is 1. The average molecular weight is 556 g/mol. The number of ether oxygens (including phenoxy) is 1. The largest absolute Gasteiger partial charge is 0.486 e. The summed E-state index contributed by atoms with van der Waals surface area (Å²) in [5.41, 5.74) is 3.72. The summed E-state index contributed by atoms with van der Waals surface area (Å²) in [6.07, 6.45) is 0. The van der Waals surface area contributed by atoms with E-state index in [2.05, 4.69) is 48.4 Å². The van der Waals surface area contributed by atoms with Crippen LogP contribution in [-0.2, 0) is 16.8 Å². The molecule has 0 unspecified atom stereocenters. The van der Waals surface area contributed by atoms with Crippen LogP contribution < -0.4 is 10.1 Å². The van der Waals surface area contributed by atoms with E-state index in [9.17, 15) is 4.79 Å². The second-order valence-corrected chi connectivity index (χ2v) is 11.3. The third-order valence-corrected chi connectivity index (χ3v) is 7.20. The summed E-state index contributed by atoms with van der Waals surface area (Å²) in [7, 11) is 0. The van der Waals surface area contributed by atoms with Crippen LogP contribution >= 0.6 is 35.0 Å². The molecule has 1 amide bonds. The maximum Gasteiger partial charge on any atom is 0.234 e. The number of para-hydroxylation sites is 1. The van der Waals surface area contributed by atoms with Crippen molar-refractivity contribution >= 4 is 46.6 Å². The lowest BCUT2D eigenvalue weighted by molar-refractivity contribution is -0.113. The maximum atomic E-state index is 12.7. The smallest absolute Gasteiger partial charge is 0.234 e. The Balaban J connectivity index is 1.51. The van der Waals surface area contributed by atoms with Gasteiger partial charge < -0.3 is 10.1 Å². The van der Waals surface area contributed by atoms with Crippen LogP contribution in [0.4, 0.5) is 5.69 Å².